The molecule has 0 spiro atoms. The van der Waals surface area contributed by atoms with Crippen LogP contribution in [0, 0.1) is 35.5 Å². The Morgan fingerprint density at radius 1 is 1.33 bits per heavy atom. The molecule has 0 aliphatic carbocycles. The number of halogens is 1. The maximum absolute atomic E-state index is 13.9. The number of urea groups is 1. The van der Waals surface area contributed by atoms with Crippen LogP contribution in [0.25, 0.3) is 0 Å². The van der Waals surface area contributed by atoms with Crippen LogP contribution in [0.1, 0.15) is 52.2 Å². The van der Waals surface area contributed by atoms with Gasteiger partial charge >= 0.3 is 6.03 Å². The van der Waals surface area contributed by atoms with Crippen LogP contribution in [0.2, 0.25) is 18.1 Å². The molecule has 0 bridgehead atoms. The number of hydrogen-bond donors (Lipinski definition) is 0. The van der Waals surface area contributed by atoms with Gasteiger partial charge in [-0.3, -0.25) is 4.90 Å². The first-order chi connectivity index (χ1) is 13.9. The highest BCUT2D eigenvalue weighted by molar-refractivity contribution is 6.48. The van der Waals surface area contributed by atoms with Crippen molar-refractivity contribution in [3.8, 4) is 6.07 Å². The van der Waals surface area contributed by atoms with Crippen LogP contribution in [0.5, 0.6) is 0 Å². The third-order valence-electron chi connectivity index (χ3n) is 6.69. The summed E-state index contributed by atoms with van der Waals surface area (Å²) in [5.74, 6) is 0.416. The lowest BCUT2D eigenvalue weighted by molar-refractivity contribution is -0.0339. The summed E-state index contributed by atoms with van der Waals surface area (Å²) in [5.41, 5.74) is 1.21. The summed E-state index contributed by atoms with van der Waals surface area (Å²) in [6.07, 6.45) is 0.984. The molecule has 7 heteroatoms. The molecule has 30 heavy (non-hydrogen) atoms. The van der Waals surface area contributed by atoms with Crippen molar-refractivity contribution in [1.29, 1.82) is 5.26 Å². The predicted octanol–water partition coefficient (Wildman–Crippen LogP) is 5.55. The van der Waals surface area contributed by atoms with E-state index in [9.17, 15) is 10.1 Å². The van der Waals surface area contributed by atoms with Gasteiger partial charge in [-0.2, -0.15) is 5.26 Å². The molecule has 2 aliphatic rings. The van der Waals surface area contributed by atoms with Gasteiger partial charge in [0.2, 0.25) is 0 Å². The highest BCUT2D eigenvalue weighted by atomic mass is 35.5. The highest BCUT2D eigenvalue weighted by Crippen LogP contribution is 2.54. The summed E-state index contributed by atoms with van der Waals surface area (Å²) in [6, 6.07) is 5.67. The average molecular weight is 448 g/mol. The Morgan fingerprint density at radius 3 is 2.47 bits per heavy atom. The molecule has 2 heterocycles. The Morgan fingerprint density at radius 2 is 1.97 bits per heavy atom. The molecule has 0 N–H and O–H groups in total. The molecule has 2 fully saturated rings. The molecule has 3 rings (SSSR count). The first-order valence-corrected chi connectivity index (χ1v) is 14.0. The Kier molecular flexibility index (Phi) is 6.05. The van der Waals surface area contributed by atoms with E-state index in [1.165, 1.54) is 0 Å². The lowest BCUT2D eigenvalue weighted by Gasteiger charge is -2.49. The normalized spacial score (nSPS) is 26.7. The zero-order chi connectivity index (χ0) is 22.6. The number of benzene rings is 1. The van der Waals surface area contributed by atoms with Gasteiger partial charge < -0.3 is 9.33 Å². The maximum atomic E-state index is 13.9. The molecular formula is C23H34ClN3O2Si. The van der Waals surface area contributed by atoms with E-state index in [1.54, 1.807) is 6.07 Å². The van der Waals surface area contributed by atoms with Crippen LogP contribution in [-0.2, 0) is 4.43 Å². The van der Waals surface area contributed by atoms with Crippen molar-refractivity contribution < 1.29 is 9.22 Å². The summed E-state index contributed by atoms with van der Waals surface area (Å²) in [7, 11) is -1.52. The molecule has 1 aromatic rings. The largest absolute Gasteiger partial charge is 0.396 e. The lowest BCUT2D eigenvalue weighted by Crippen LogP contribution is -2.62. The van der Waals surface area contributed by atoms with Gasteiger partial charge in [-0.1, -0.05) is 46.2 Å². The summed E-state index contributed by atoms with van der Waals surface area (Å²) in [6.45, 7) is 18.0. The molecule has 0 saturated carbocycles. The minimum absolute atomic E-state index is 0.0148. The molecule has 5 nitrogen and oxygen atoms in total. The van der Waals surface area contributed by atoms with Gasteiger partial charge in [-0.25, -0.2) is 4.79 Å². The number of nitriles is 1. The zero-order valence-corrected chi connectivity index (χ0v) is 21.3. The van der Waals surface area contributed by atoms with Gasteiger partial charge in [0.05, 0.1) is 22.3 Å². The van der Waals surface area contributed by atoms with Crippen LogP contribution < -0.4 is 4.90 Å². The topological polar surface area (TPSA) is 56.6 Å². The number of hydrogen-bond acceptors (Lipinski definition) is 3. The molecule has 2 amide bonds. The molecule has 0 aromatic heterocycles. The molecule has 2 aliphatic heterocycles. The van der Waals surface area contributed by atoms with Crippen LogP contribution >= 0.6 is 11.6 Å². The second kappa shape index (κ2) is 7.85. The summed E-state index contributed by atoms with van der Waals surface area (Å²) in [5, 5.41) is 9.78. The van der Waals surface area contributed by atoms with Gasteiger partial charge in [-0.15, -0.1) is 0 Å². The number of carbonyl (C=O) groups is 1. The Bertz CT molecular complexity index is 890. The van der Waals surface area contributed by atoms with Crippen LogP contribution in [-0.4, -0.2) is 38.3 Å². The average Bonchev–Trinajstić information content (AvgIpc) is 3.17. The fourth-order valence-electron chi connectivity index (χ4n) is 5.37. The second-order valence-electron chi connectivity index (χ2n) is 10.3. The summed E-state index contributed by atoms with van der Waals surface area (Å²) < 4.78 is 6.88. The van der Waals surface area contributed by atoms with E-state index in [-0.39, 0.29) is 23.4 Å². The first-order valence-electron chi connectivity index (χ1n) is 10.9. The van der Waals surface area contributed by atoms with E-state index in [4.69, 9.17) is 16.0 Å². The van der Waals surface area contributed by atoms with Crippen molar-refractivity contribution in [2.75, 3.05) is 11.4 Å². The van der Waals surface area contributed by atoms with Crippen molar-refractivity contribution in [2.24, 2.45) is 17.3 Å². The summed E-state index contributed by atoms with van der Waals surface area (Å²) in [4.78, 5) is 17.8. The number of carbonyl (C=O) groups excluding carboxylic acids is 1. The van der Waals surface area contributed by atoms with E-state index in [0.29, 0.717) is 16.5 Å². The quantitative estimate of drug-likeness (QED) is 0.568. The minimum Gasteiger partial charge on any atom is -0.396 e. The smallest absolute Gasteiger partial charge is 0.327 e. The van der Waals surface area contributed by atoms with Gasteiger partial charge in [0.15, 0.2) is 14.8 Å². The number of nitrogens with zero attached hydrogens (tertiary/aromatic N) is 3. The summed E-state index contributed by atoms with van der Waals surface area (Å²) >= 11 is 6.52. The Balaban J connectivity index is 2.28. The molecule has 3 atom stereocenters. The van der Waals surface area contributed by atoms with E-state index in [1.807, 2.05) is 22.8 Å². The standard InChI is InChI=1S/C23H34ClN3O2Si/c1-14(2)23(29-30(7)8)20-17(22(4,5)6)11-12-26(20)21(28)27(23)18-10-9-16(13-25)19(24)15(18)3/h9-10,14,17,20,30H,11-12H2,1-8H3. The van der Waals surface area contributed by atoms with E-state index >= 15 is 0 Å². The van der Waals surface area contributed by atoms with Gasteiger partial charge in [0.1, 0.15) is 6.07 Å². The molecule has 0 radical (unpaired) electrons. The van der Waals surface area contributed by atoms with Gasteiger partial charge in [-0.05, 0) is 55.5 Å². The van der Waals surface area contributed by atoms with Crippen LogP contribution in [0.15, 0.2) is 12.1 Å². The third-order valence-corrected chi connectivity index (χ3v) is 8.03. The highest BCUT2D eigenvalue weighted by Gasteiger charge is 2.66. The maximum Gasteiger partial charge on any atom is 0.327 e. The van der Waals surface area contributed by atoms with Crippen LogP contribution in [0.3, 0.4) is 0 Å². The van der Waals surface area contributed by atoms with E-state index in [0.717, 1.165) is 24.2 Å². The molecule has 2 saturated heterocycles. The molecule has 3 unspecified atom stereocenters. The third kappa shape index (κ3) is 3.35. The number of anilines is 1. The molecule has 1 aromatic carbocycles. The minimum atomic E-state index is -1.52. The van der Waals surface area contributed by atoms with Crippen molar-refractivity contribution in [3.63, 3.8) is 0 Å². The van der Waals surface area contributed by atoms with Gasteiger partial charge in [0.25, 0.3) is 0 Å². The lowest BCUT2D eigenvalue weighted by atomic mass is 9.71. The van der Waals surface area contributed by atoms with Crippen molar-refractivity contribution >= 4 is 32.4 Å². The van der Waals surface area contributed by atoms with Crippen molar-refractivity contribution in [2.45, 2.75) is 72.8 Å². The zero-order valence-electron chi connectivity index (χ0n) is 19.4. The van der Waals surface area contributed by atoms with Gasteiger partial charge in [0, 0.05) is 12.5 Å². The van der Waals surface area contributed by atoms with Crippen molar-refractivity contribution in [1.82, 2.24) is 4.90 Å². The van der Waals surface area contributed by atoms with E-state index in [2.05, 4.69) is 53.8 Å². The molecule has 164 valence electrons. The predicted molar refractivity (Wildman–Crippen MR) is 124 cm³/mol. The monoisotopic (exact) mass is 447 g/mol. The SMILES string of the molecule is Cc1c(N2C(=O)N3CCC(C(C)(C)C)C3C2(O[SiH](C)C)C(C)C)ccc(C#N)c1Cl. The molecular weight excluding hydrogens is 414 g/mol. The Labute approximate surface area is 187 Å². The van der Waals surface area contributed by atoms with Crippen LogP contribution in [0.4, 0.5) is 10.5 Å². The Hall–Kier alpha value is -1.55. The van der Waals surface area contributed by atoms with Crippen molar-refractivity contribution in [3.05, 3.63) is 28.3 Å². The number of amides is 2. The second-order valence-corrected chi connectivity index (χ2v) is 13.0. The van der Waals surface area contributed by atoms with E-state index < -0.39 is 14.8 Å². The number of fused-ring (bicyclic) bond motifs is 1. The fraction of sp³-hybridized carbons (Fsp3) is 0.652. The fourth-order valence-corrected chi connectivity index (χ4v) is 6.84. The first kappa shape index (κ1) is 23.1. The number of rotatable bonds is 4.